The summed E-state index contributed by atoms with van der Waals surface area (Å²) >= 11 is 0. The van der Waals surface area contributed by atoms with Crippen LogP contribution in [-0.4, -0.2) is 25.8 Å². The smallest absolute Gasteiger partial charge is 0.214 e. The van der Waals surface area contributed by atoms with Crippen LogP contribution in [0.15, 0.2) is 0 Å². The summed E-state index contributed by atoms with van der Waals surface area (Å²) in [5, 5.41) is 0. The summed E-state index contributed by atoms with van der Waals surface area (Å²) in [6.07, 6.45) is 0.626. The molecule has 0 unspecified atom stereocenters. The number of amides is 1. The van der Waals surface area contributed by atoms with E-state index in [2.05, 4.69) is 19.6 Å². The maximum absolute atomic E-state index is 11.1. The van der Waals surface area contributed by atoms with Gasteiger partial charge in [0.2, 0.25) is 5.91 Å². The second-order valence-corrected chi connectivity index (χ2v) is 8.49. The predicted octanol–water partition coefficient (Wildman–Crippen LogP) is 1.69. The minimum atomic E-state index is -1.36. The van der Waals surface area contributed by atoms with E-state index in [4.69, 9.17) is 0 Å². The van der Waals surface area contributed by atoms with Crippen molar-refractivity contribution in [3.63, 3.8) is 0 Å². The molecular weight excluding hydrogens is 142 g/mol. The molecule has 0 fully saturated rings. The highest BCUT2D eigenvalue weighted by Crippen LogP contribution is 2.07. The molecular formula is C7H17NOSi. The topological polar surface area (TPSA) is 20.3 Å². The maximum atomic E-state index is 11.1. The van der Waals surface area contributed by atoms with Gasteiger partial charge < -0.3 is 4.57 Å². The van der Waals surface area contributed by atoms with Crippen molar-refractivity contribution in [2.75, 3.05) is 7.05 Å². The third kappa shape index (κ3) is 2.52. The van der Waals surface area contributed by atoms with Crippen molar-refractivity contribution in [3.8, 4) is 0 Å². The monoisotopic (exact) mass is 159 g/mol. The number of hydrogen-bond donors (Lipinski definition) is 0. The molecule has 0 saturated carbocycles. The fourth-order valence-electron chi connectivity index (χ4n) is 0.611. The molecule has 0 aliphatic rings. The molecule has 0 aromatic carbocycles. The minimum Gasteiger partial charge on any atom is -0.373 e. The molecule has 0 aliphatic heterocycles. The van der Waals surface area contributed by atoms with Gasteiger partial charge in [0, 0.05) is 13.5 Å². The molecule has 0 heterocycles. The lowest BCUT2D eigenvalue weighted by Crippen LogP contribution is -2.46. The molecule has 0 rings (SSSR count). The van der Waals surface area contributed by atoms with E-state index in [0.717, 1.165) is 0 Å². The van der Waals surface area contributed by atoms with E-state index in [0.29, 0.717) is 6.42 Å². The van der Waals surface area contributed by atoms with E-state index in [1.807, 2.05) is 18.5 Å². The number of hydrogen-bond acceptors (Lipinski definition) is 1. The summed E-state index contributed by atoms with van der Waals surface area (Å²) in [6, 6.07) is 0. The highest BCUT2D eigenvalue weighted by Gasteiger charge is 2.22. The highest BCUT2D eigenvalue weighted by atomic mass is 28.3. The Balaban J connectivity index is 4.08. The lowest BCUT2D eigenvalue weighted by atomic mass is 10.5. The Morgan fingerprint density at radius 2 is 1.80 bits per heavy atom. The Labute approximate surface area is 64.3 Å². The van der Waals surface area contributed by atoms with Crippen LogP contribution >= 0.6 is 0 Å². The number of nitrogens with zero attached hydrogens (tertiary/aromatic N) is 1. The molecule has 0 aliphatic carbocycles. The second kappa shape index (κ2) is 3.19. The van der Waals surface area contributed by atoms with Crippen LogP contribution in [0.3, 0.4) is 0 Å². The molecule has 0 aromatic rings. The van der Waals surface area contributed by atoms with Gasteiger partial charge in [0.1, 0.15) is 0 Å². The van der Waals surface area contributed by atoms with Gasteiger partial charge in [0.15, 0.2) is 8.24 Å². The molecule has 0 aromatic heterocycles. The Kier molecular flexibility index (Phi) is 3.09. The van der Waals surface area contributed by atoms with Crippen LogP contribution in [0.4, 0.5) is 0 Å². The van der Waals surface area contributed by atoms with E-state index < -0.39 is 8.24 Å². The summed E-state index contributed by atoms with van der Waals surface area (Å²) in [4.78, 5) is 11.1. The SMILES string of the molecule is CCC(=O)N(C)[Si](C)(C)C. The van der Waals surface area contributed by atoms with Gasteiger partial charge in [0.05, 0.1) is 0 Å². The zero-order valence-electron chi connectivity index (χ0n) is 7.56. The van der Waals surface area contributed by atoms with Crippen LogP contribution in [-0.2, 0) is 4.79 Å². The molecule has 0 N–H and O–H groups in total. The molecule has 0 spiro atoms. The molecule has 1 amide bonds. The summed E-state index contributed by atoms with van der Waals surface area (Å²) in [7, 11) is 0.540. The normalized spacial score (nSPS) is 11.3. The molecule has 3 heteroatoms. The fraction of sp³-hybridized carbons (Fsp3) is 0.857. The molecule has 0 radical (unpaired) electrons. The lowest BCUT2D eigenvalue weighted by molar-refractivity contribution is -0.125. The number of carbonyl (C=O) groups is 1. The molecule has 2 nitrogen and oxygen atoms in total. The average molecular weight is 159 g/mol. The molecule has 0 atom stereocenters. The largest absolute Gasteiger partial charge is 0.373 e. The second-order valence-electron chi connectivity index (χ2n) is 3.48. The first-order valence-corrected chi connectivity index (χ1v) is 7.11. The van der Waals surface area contributed by atoms with Gasteiger partial charge in [-0.05, 0) is 0 Å². The van der Waals surface area contributed by atoms with Crippen molar-refractivity contribution < 1.29 is 4.79 Å². The maximum Gasteiger partial charge on any atom is 0.214 e. The van der Waals surface area contributed by atoms with E-state index in [1.165, 1.54) is 0 Å². The number of rotatable bonds is 2. The standard InChI is InChI=1S/C7H17NOSi/c1-6-7(9)8(2)10(3,4)5/h6H2,1-5H3. The minimum absolute atomic E-state index is 0.263. The Hall–Kier alpha value is -0.313. The van der Waals surface area contributed by atoms with Crippen LogP contribution in [0, 0.1) is 0 Å². The van der Waals surface area contributed by atoms with Crippen molar-refractivity contribution in [3.05, 3.63) is 0 Å². The van der Waals surface area contributed by atoms with Crippen LogP contribution in [0.1, 0.15) is 13.3 Å². The van der Waals surface area contributed by atoms with Crippen LogP contribution in [0.2, 0.25) is 19.6 Å². The molecule has 0 bridgehead atoms. The third-order valence-electron chi connectivity index (χ3n) is 1.68. The van der Waals surface area contributed by atoms with Crippen LogP contribution in [0.25, 0.3) is 0 Å². The van der Waals surface area contributed by atoms with Gasteiger partial charge in [-0.25, -0.2) is 0 Å². The fourth-order valence-corrected chi connectivity index (χ4v) is 1.52. The Morgan fingerprint density at radius 3 is 1.90 bits per heavy atom. The van der Waals surface area contributed by atoms with E-state index >= 15 is 0 Å². The van der Waals surface area contributed by atoms with E-state index in [1.54, 1.807) is 0 Å². The van der Waals surface area contributed by atoms with E-state index in [9.17, 15) is 4.79 Å². The number of carbonyl (C=O) groups excluding carboxylic acids is 1. The lowest BCUT2D eigenvalue weighted by Gasteiger charge is -2.29. The first-order valence-electron chi connectivity index (χ1n) is 3.66. The van der Waals surface area contributed by atoms with Gasteiger partial charge in [-0.3, -0.25) is 4.79 Å². The zero-order valence-corrected chi connectivity index (χ0v) is 8.56. The van der Waals surface area contributed by atoms with Gasteiger partial charge in [0.25, 0.3) is 0 Å². The van der Waals surface area contributed by atoms with Crippen molar-refractivity contribution >= 4 is 14.1 Å². The summed E-state index contributed by atoms with van der Waals surface area (Å²) in [6.45, 7) is 8.40. The summed E-state index contributed by atoms with van der Waals surface area (Å²) < 4.78 is 1.91. The third-order valence-corrected chi connectivity index (χ3v) is 3.94. The van der Waals surface area contributed by atoms with Crippen molar-refractivity contribution in [1.82, 2.24) is 4.57 Å². The first-order chi connectivity index (χ1) is 4.39. The van der Waals surface area contributed by atoms with Gasteiger partial charge >= 0.3 is 0 Å². The molecule has 10 heavy (non-hydrogen) atoms. The van der Waals surface area contributed by atoms with Crippen molar-refractivity contribution in [1.29, 1.82) is 0 Å². The van der Waals surface area contributed by atoms with Gasteiger partial charge in [-0.1, -0.05) is 26.6 Å². The summed E-state index contributed by atoms with van der Waals surface area (Å²) in [5.74, 6) is 0.263. The Morgan fingerprint density at radius 1 is 1.40 bits per heavy atom. The summed E-state index contributed by atoms with van der Waals surface area (Å²) in [5.41, 5.74) is 0. The van der Waals surface area contributed by atoms with Crippen molar-refractivity contribution in [2.45, 2.75) is 33.0 Å². The van der Waals surface area contributed by atoms with Crippen LogP contribution < -0.4 is 0 Å². The van der Waals surface area contributed by atoms with Gasteiger partial charge in [-0.15, -0.1) is 0 Å². The van der Waals surface area contributed by atoms with Crippen molar-refractivity contribution in [2.24, 2.45) is 0 Å². The Bertz CT molecular complexity index is 128. The highest BCUT2D eigenvalue weighted by molar-refractivity contribution is 6.75. The van der Waals surface area contributed by atoms with Crippen LogP contribution in [0.5, 0.6) is 0 Å². The average Bonchev–Trinajstić information content (AvgIpc) is 1.83. The molecule has 60 valence electrons. The first kappa shape index (κ1) is 9.69. The predicted molar refractivity (Wildman–Crippen MR) is 46.4 cm³/mol. The molecule has 0 saturated heterocycles. The van der Waals surface area contributed by atoms with E-state index in [-0.39, 0.29) is 5.91 Å². The zero-order chi connectivity index (χ0) is 8.36. The van der Waals surface area contributed by atoms with Gasteiger partial charge in [-0.2, -0.15) is 0 Å². The quantitative estimate of drug-likeness (QED) is 0.561.